The van der Waals surface area contributed by atoms with Gasteiger partial charge < -0.3 is 19.7 Å². The van der Waals surface area contributed by atoms with Gasteiger partial charge in [-0.25, -0.2) is 0 Å². The van der Waals surface area contributed by atoms with Gasteiger partial charge in [-0.3, -0.25) is 4.68 Å². The summed E-state index contributed by atoms with van der Waals surface area (Å²) in [4.78, 5) is 2.59. The van der Waals surface area contributed by atoms with Gasteiger partial charge in [0.05, 0.1) is 18.9 Å². The van der Waals surface area contributed by atoms with E-state index in [-0.39, 0.29) is 0 Å². The zero-order chi connectivity index (χ0) is 19.2. The average molecular weight is 385 g/mol. The van der Waals surface area contributed by atoms with Crippen molar-refractivity contribution < 1.29 is 9.47 Å². The van der Waals surface area contributed by atoms with Gasteiger partial charge in [-0.1, -0.05) is 12.8 Å². The molecule has 0 bridgehead atoms. The van der Waals surface area contributed by atoms with E-state index in [1.165, 1.54) is 44.3 Å². The van der Waals surface area contributed by atoms with Crippen LogP contribution in [0.1, 0.15) is 37.7 Å². The van der Waals surface area contributed by atoms with Gasteiger partial charge in [0.1, 0.15) is 0 Å². The highest BCUT2D eigenvalue weighted by molar-refractivity contribution is 5.66. The normalized spacial score (nSPS) is 17.9. The number of aryl methyl sites for hydroxylation is 1. The van der Waals surface area contributed by atoms with E-state index in [4.69, 9.17) is 14.6 Å². The average Bonchev–Trinajstić information content (AvgIpc) is 2.90. The van der Waals surface area contributed by atoms with Gasteiger partial charge in [-0.15, -0.1) is 0 Å². The number of likely N-dealkylation sites (tertiary alicyclic amines) is 1. The number of hydrogen-bond acceptors (Lipinski definition) is 5. The summed E-state index contributed by atoms with van der Waals surface area (Å²) in [5.41, 5.74) is 3.31. The smallest absolute Gasteiger partial charge is 0.161 e. The molecule has 2 aliphatic heterocycles. The van der Waals surface area contributed by atoms with Crippen molar-refractivity contribution in [2.45, 2.75) is 38.6 Å². The second-order valence-corrected chi connectivity index (χ2v) is 7.82. The van der Waals surface area contributed by atoms with Crippen molar-refractivity contribution in [3.8, 4) is 22.8 Å². The van der Waals surface area contributed by atoms with Gasteiger partial charge in [-0.2, -0.15) is 5.10 Å². The van der Waals surface area contributed by atoms with Gasteiger partial charge in [0, 0.05) is 50.4 Å². The van der Waals surface area contributed by atoms with E-state index in [9.17, 15) is 0 Å². The number of aromatic nitrogens is 2. The zero-order valence-electron chi connectivity index (χ0n) is 17.0. The lowest BCUT2D eigenvalue weighted by molar-refractivity contribution is 0.284. The van der Waals surface area contributed by atoms with Crippen molar-refractivity contribution in [1.29, 1.82) is 0 Å². The van der Waals surface area contributed by atoms with Crippen molar-refractivity contribution in [2.75, 3.05) is 39.4 Å². The Morgan fingerprint density at radius 3 is 2.61 bits per heavy atom. The Balaban J connectivity index is 1.39. The molecule has 152 valence electrons. The molecule has 3 heterocycles. The number of hydrogen-bond donors (Lipinski definition) is 1. The molecule has 0 atom stereocenters. The van der Waals surface area contributed by atoms with Gasteiger partial charge in [-0.05, 0) is 44.1 Å². The topological polar surface area (TPSA) is 51.6 Å². The van der Waals surface area contributed by atoms with Crippen LogP contribution in [0.3, 0.4) is 0 Å². The second kappa shape index (κ2) is 9.43. The van der Waals surface area contributed by atoms with E-state index in [1.54, 1.807) is 0 Å². The van der Waals surface area contributed by atoms with Crippen molar-refractivity contribution in [3.05, 3.63) is 30.0 Å². The maximum absolute atomic E-state index is 5.85. The van der Waals surface area contributed by atoms with E-state index in [0.717, 1.165) is 48.8 Å². The fourth-order valence-corrected chi connectivity index (χ4v) is 4.04. The lowest BCUT2D eigenvalue weighted by atomic mass is 10.1. The first-order chi connectivity index (χ1) is 13.8. The van der Waals surface area contributed by atoms with Crippen molar-refractivity contribution >= 4 is 0 Å². The first kappa shape index (κ1) is 19.3. The molecule has 0 radical (unpaired) electrons. The van der Waals surface area contributed by atoms with Crippen LogP contribution >= 0.6 is 0 Å². The third-order valence-corrected chi connectivity index (χ3v) is 5.54. The summed E-state index contributed by atoms with van der Waals surface area (Å²) in [5.74, 6) is 1.65. The number of ether oxygens (including phenoxy) is 2. The predicted molar refractivity (Wildman–Crippen MR) is 111 cm³/mol. The van der Waals surface area contributed by atoms with Gasteiger partial charge in [0.15, 0.2) is 11.5 Å². The SMILES string of the molecule is Cn1cc(CNCCN2CCCCCC2)c(-c2ccc3c(c2)OCCCO3)n1. The molecular weight excluding hydrogens is 352 g/mol. The van der Waals surface area contributed by atoms with E-state index in [0.29, 0.717) is 13.2 Å². The molecule has 6 nitrogen and oxygen atoms in total. The molecule has 1 aromatic heterocycles. The van der Waals surface area contributed by atoms with Crippen LogP contribution in [0.15, 0.2) is 24.4 Å². The highest BCUT2D eigenvalue weighted by Gasteiger charge is 2.16. The minimum Gasteiger partial charge on any atom is -0.490 e. The summed E-state index contributed by atoms with van der Waals surface area (Å²) < 4.78 is 13.5. The van der Waals surface area contributed by atoms with E-state index >= 15 is 0 Å². The van der Waals surface area contributed by atoms with Crippen molar-refractivity contribution in [1.82, 2.24) is 20.0 Å². The van der Waals surface area contributed by atoms with Crippen LogP contribution in [-0.4, -0.2) is 54.1 Å². The van der Waals surface area contributed by atoms with Gasteiger partial charge in [0.25, 0.3) is 0 Å². The monoisotopic (exact) mass is 384 g/mol. The Labute approximate surface area is 167 Å². The molecule has 0 saturated carbocycles. The molecule has 0 amide bonds. The Hall–Kier alpha value is -2.05. The van der Waals surface area contributed by atoms with Crippen molar-refractivity contribution in [2.24, 2.45) is 7.05 Å². The van der Waals surface area contributed by atoms with E-state index in [2.05, 4.69) is 28.5 Å². The van der Waals surface area contributed by atoms with Gasteiger partial charge >= 0.3 is 0 Å². The minimum atomic E-state index is 0.698. The summed E-state index contributed by atoms with van der Waals surface area (Å²) in [6.07, 6.45) is 8.49. The lowest BCUT2D eigenvalue weighted by Crippen LogP contribution is -2.32. The highest BCUT2D eigenvalue weighted by Crippen LogP contribution is 2.34. The molecule has 2 aromatic rings. The van der Waals surface area contributed by atoms with E-state index < -0.39 is 0 Å². The van der Waals surface area contributed by atoms with Crippen LogP contribution in [0.25, 0.3) is 11.3 Å². The minimum absolute atomic E-state index is 0.698. The summed E-state index contributed by atoms with van der Waals surface area (Å²) >= 11 is 0. The van der Waals surface area contributed by atoms with Crippen LogP contribution in [-0.2, 0) is 13.6 Å². The molecule has 0 spiro atoms. The maximum atomic E-state index is 5.85. The Morgan fingerprint density at radius 2 is 1.79 bits per heavy atom. The standard InChI is InChI=1S/C22H32N4O2/c1-25-17-19(16-23-9-12-26-10-4-2-3-5-11-26)22(24-25)18-7-8-20-21(15-18)28-14-6-13-27-20/h7-8,15,17,23H,2-6,9-14,16H2,1H3. The summed E-state index contributed by atoms with van der Waals surface area (Å²) in [6, 6.07) is 6.14. The molecule has 1 fully saturated rings. The number of nitrogens with zero attached hydrogens (tertiary/aromatic N) is 3. The summed E-state index contributed by atoms with van der Waals surface area (Å²) in [7, 11) is 1.98. The summed E-state index contributed by atoms with van der Waals surface area (Å²) in [6.45, 7) is 6.86. The Kier molecular flexibility index (Phi) is 6.49. The maximum Gasteiger partial charge on any atom is 0.161 e. The van der Waals surface area contributed by atoms with Crippen LogP contribution < -0.4 is 14.8 Å². The number of fused-ring (bicyclic) bond motifs is 1. The molecule has 1 aromatic carbocycles. The number of benzene rings is 1. The van der Waals surface area contributed by atoms with Crippen LogP contribution in [0, 0.1) is 0 Å². The highest BCUT2D eigenvalue weighted by atomic mass is 16.5. The number of rotatable bonds is 6. The predicted octanol–water partition coefficient (Wildman–Crippen LogP) is 3.21. The molecule has 0 unspecified atom stereocenters. The molecule has 1 saturated heterocycles. The number of nitrogens with one attached hydrogen (secondary N) is 1. The Bertz CT molecular complexity index is 766. The van der Waals surface area contributed by atoms with Gasteiger partial charge in [0.2, 0.25) is 0 Å². The molecule has 1 N–H and O–H groups in total. The third kappa shape index (κ3) is 4.86. The van der Waals surface area contributed by atoms with Crippen molar-refractivity contribution in [3.63, 3.8) is 0 Å². The fourth-order valence-electron chi connectivity index (χ4n) is 4.04. The second-order valence-electron chi connectivity index (χ2n) is 7.82. The molecule has 28 heavy (non-hydrogen) atoms. The molecule has 2 aliphatic rings. The molecule has 0 aliphatic carbocycles. The molecule has 4 rings (SSSR count). The lowest BCUT2D eigenvalue weighted by Gasteiger charge is -2.19. The zero-order valence-corrected chi connectivity index (χ0v) is 17.0. The quantitative estimate of drug-likeness (QED) is 0.775. The summed E-state index contributed by atoms with van der Waals surface area (Å²) in [5, 5.41) is 8.32. The fraction of sp³-hybridized carbons (Fsp3) is 0.591. The van der Waals surface area contributed by atoms with Crippen LogP contribution in [0.2, 0.25) is 0 Å². The largest absolute Gasteiger partial charge is 0.490 e. The first-order valence-electron chi connectivity index (χ1n) is 10.7. The van der Waals surface area contributed by atoms with E-state index in [1.807, 2.05) is 17.8 Å². The van der Waals surface area contributed by atoms with Crippen LogP contribution in [0.4, 0.5) is 0 Å². The molecule has 6 heteroatoms. The Morgan fingerprint density at radius 1 is 1.00 bits per heavy atom. The first-order valence-corrected chi connectivity index (χ1v) is 10.7. The molecular formula is C22H32N4O2. The van der Waals surface area contributed by atoms with Crippen LogP contribution in [0.5, 0.6) is 11.5 Å². The third-order valence-electron chi connectivity index (χ3n) is 5.54.